The van der Waals surface area contributed by atoms with Gasteiger partial charge in [0.2, 0.25) is 0 Å². The van der Waals surface area contributed by atoms with Crippen LogP contribution < -0.4 is 10.1 Å². The summed E-state index contributed by atoms with van der Waals surface area (Å²) >= 11 is 6.17. The predicted octanol–water partition coefficient (Wildman–Crippen LogP) is 4.38. The maximum Gasteiger partial charge on any atom is 0.129 e. The Hall–Kier alpha value is -1.58. The summed E-state index contributed by atoms with van der Waals surface area (Å²) in [5.74, 6) is 0.532. The molecule has 0 bridgehead atoms. The summed E-state index contributed by atoms with van der Waals surface area (Å²) in [5, 5.41) is 3.76. The number of hydrogen-bond donors (Lipinski definition) is 1. The Morgan fingerprint density at radius 3 is 2.48 bits per heavy atom. The minimum absolute atomic E-state index is 0.155. The van der Waals surface area contributed by atoms with Crippen molar-refractivity contribution in [2.45, 2.75) is 19.4 Å². The summed E-state index contributed by atoms with van der Waals surface area (Å²) in [4.78, 5) is 0. The van der Waals surface area contributed by atoms with E-state index < -0.39 is 0 Å². The molecule has 0 aliphatic rings. The molecule has 0 saturated carbocycles. The van der Waals surface area contributed by atoms with Gasteiger partial charge in [0, 0.05) is 16.6 Å². The van der Waals surface area contributed by atoms with E-state index in [1.54, 1.807) is 19.2 Å². The lowest BCUT2D eigenvalue weighted by molar-refractivity contribution is 0.414. The van der Waals surface area contributed by atoms with Crippen molar-refractivity contribution in [3.63, 3.8) is 0 Å². The van der Waals surface area contributed by atoms with Crippen molar-refractivity contribution in [1.82, 2.24) is 5.32 Å². The van der Waals surface area contributed by atoms with Crippen molar-refractivity contribution in [2.75, 3.05) is 13.7 Å². The van der Waals surface area contributed by atoms with Crippen LogP contribution >= 0.6 is 11.6 Å². The van der Waals surface area contributed by atoms with E-state index in [1.165, 1.54) is 6.07 Å². The number of halogens is 2. The molecule has 0 aliphatic heterocycles. The van der Waals surface area contributed by atoms with Crippen molar-refractivity contribution in [3.05, 3.63) is 64.4 Å². The summed E-state index contributed by atoms with van der Waals surface area (Å²) in [6.45, 7) is 2.74. The van der Waals surface area contributed by atoms with E-state index in [4.69, 9.17) is 16.3 Å². The minimum atomic E-state index is -0.276. The second-order valence-corrected chi connectivity index (χ2v) is 5.20. The third-order valence-electron chi connectivity index (χ3n) is 3.40. The van der Waals surface area contributed by atoms with Crippen LogP contribution in [0.4, 0.5) is 4.39 Å². The summed E-state index contributed by atoms with van der Waals surface area (Å²) in [6, 6.07) is 12.4. The Morgan fingerprint density at radius 2 is 1.90 bits per heavy atom. The smallest absolute Gasteiger partial charge is 0.129 e. The van der Waals surface area contributed by atoms with Crippen molar-refractivity contribution in [2.24, 2.45) is 0 Å². The average Bonchev–Trinajstić information content (AvgIpc) is 2.48. The van der Waals surface area contributed by atoms with Crippen LogP contribution in [-0.2, 0) is 6.42 Å². The van der Waals surface area contributed by atoms with Crippen molar-refractivity contribution in [3.8, 4) is 5.75 Å². The van der Waals surface area contributed by atoms with E-state index in [-0.39, 0.29) is 11.9 Å². The number of likely N-dealkylation sites (N-methyl/N-ethyl adjacent to an activating group) is 1. The van der Waals surface area contributed by atoms with Gasteiger partial charge in [-0.25, -0.2) is 4.39 Å². The number of rotatable bonds is 6. The van der Waals surface area contributed by atoms with Crippen molar-refractivity contribution in [1.29, 1.82) is 0 Å². The van der Waals surface area contributed by atoms with Gasteiger partial charge in [0.25, 0.3) is 0 Å². The molecule has 1 N–H and O–H groups in total. The summed E-state index contributed by atoms with van der Waals surface area (Å²) in [5.41, 5.74) is 1.62. The molecule has 2 rings (SSSR count). The molecule has 0 aromatic heterocycles. The van der Waals surface area contributed by atoms with Crippen LogP contribution in [-0.4, -0.2) is 13.7 Å². The van der Waals surface area contributed by atoms with E-state index in [2.05, 4.69) is 5.32 Å². The molecular formula is C17H19ClFNO. The molecule has 2 aromatic rings. The fourth-order valence-electron chi connectivity index (χ4n) is 2.36. The molecule has 0 fully saturated rings. The third kappa shape index (κ3) is 3.96. The van der Waals surface area contributed by atoms with Crippen LogP contribution in [0.5, 0.6) is 5.75 Å². The van der Waals surface area contributed by atoms with Gasteiger partial charge in [-0.15, -0.1) is 0 Å². The molecule has 1 atom stereocenters. The molecule has 4 heteroatoms. The Labute approximate surface area is 129 Å². The molecule has 0 aliphatic carbocycles. The third-order valence-corrected chi connectivity index (χ3v) is 3.73. The van der Waals surface area contributed by atoms with Gasteiger partial charge in [0.1, 0.15) is 11.6 Å². The van der Waals surface area contributed by atoms with Crippen molar-refractivity contribution < 1.29 is 9.13 Å². The largest absolute Gasteiger partial charge is 0.497 e. The van der Waals surface area contributed by atoms with Gasteiger partial charge < -0.3 is 10.1 Å². The first-order valence-electron chi connectivity index (χ1n) is 6.96. The fraction of sp³-hybridized carbons (Fsp3) is 0.294. The first kappa shape index (κ1) is 15.8. The van der Waals surface area contributed by atoms with Crippen LogP contribution in [0.15, 0.2) is 42.5 Å². The first-order valence-corrected chi connectivity index (χ1v) is 7.33. The zero-order chi connectivity index (χ0) is 15.2. The van der Waals surface area contributed by atoms with Gasteiger partial charge in [0.15, 0.2) is 0 Å². The Kier molecular flexibility index (Phi) is 5.59. The molecule has 0 heterocycles. The molecule has 21 heavy (non-hydrogen) atoms. The van der Waals surface area contributed by atoms with E-state index in [0.29, 0.717) is 17.0 Å². The van der Waals surface area contributed by atoms with Crippen LogP contribution in [0.25, 0.3) is 0 Å². The molecular weight excluding hydrogens is 289 g/mol. The Morgan fingerprint density at radius 1 is 1.19 bits per heavy atom. The molecule has 0 spiro atoms. The lowest BCUT2D eigenvalue weighted by atomic mass is 9.98. The lowest BCUT2D eigenvalue weighted by Gasteiger charge is -2.20. The number of benzene rings is 2. The second kappa shape index (κ2) is 7.43. The van der Waals surface area contributed by atoms with E-state index >= 15 is 0 Å². The number of hydrogen-bond acceptors (Lipinski definition) is 2. The molecule has 2 nitrogen and oxygen atoms in total. The standard InChI is InChI=1S/C17H19ClFNO/c1-3-20-16(17-14(18)5-4-6-15(17)19)11-12-7-9-13(21-2)10-8-12/h4-10,16,20H,3,11H2,1-2H3. The van der Waals surface area contributed by atoms with Gasteiger partial charge >= 0.3 is 0 Å². The van der Waals surface area contributed by atoms with E-state index in [1.807, 2.05) is 31.2 Å². The maximum atomic E-state index is 14.1. The quantitative estimate of drug-likeness (QED) is 0.855. The molecule has 1 unspecified atom stereocenters. The second-order valence-electron chi connectivity index (χ2n) is 4.80. The number of nitrogens with one attached hydrogen (secondary N) is 1. The normalized spacial score (nSPS) is 12.2. The topological polar surface area (TPSA) is 21.3 Å². The molecule has 0 saturated heterocycles. The minimum Gasteiger partial charge on any atom is -0.497 e. The van der Waals surface area contributed by atoms with Crippen LogP contribution in [0, 0.1) is 5.82 Å². The maximum absolute atomic E-state index is 14.1. The number of ether oxygens (including phenoxy) is 1. The van der Waals surface area contributed by atoms with E-state index in [9.17, 15) is 4.39 Å². The van der Waals surface area contributed by atoms with Crippen LogP contribution in [0.2, 0.25) is 5.02 Å². The van der Waals surface area contributed by atoms with Crippen LogP contribution in [0.3, 0.4) is 0 Å². The fourth-order valence-corrected chi connectivity index (χ4v) is 2.66. The highest BCUT2D eigenvalue weighted by molar-refractivity contribution is 6.31. The molecule has 112 valence electrons. The first-order chi connectivity index (χ1) is 10.2. The van der Waals surface area contributed by atoms with Gasteiger partial charge in [-0.2, -0.15) is 0 Å². The Balaban J connectivity index is 2.26. The highest BCUT2D eigenvalue weighted by Gasteiger charge is 2.18. The van der Waals surface area contributed by atoms with E-state index in [0.717, 1.165) is 17.9 Å². The average molecular weight is 308 g/mol. The SMILES string of the molecule is CCNC(Cc1ccc(OC)cc1)c1c(F)cccc1Cl. The van der Waals surface area contributed by atoms with Gasteiger partial charge in [-0.05, 0) is 42.8 Å². The number of methoxy groups -OCH3 is 1. The molecule has 2 aromatic carbocycles. The van der Waals surface area contributed by atoms with Gasteiger partial charge in [0.05, 0.1) is 7.11 Å². The van der Waals surface area contributed by atoms with Crippen LogP contribution in [0.1, 0.15) is 24.1 Å². The summed E-state index contributed by atoms with van der Waals surface area (Å²) in [7, 11) is 1.63. The summed E-state index contributed by atoms with van der Waals surface area (Å²) in [6.07, 6.45) is 0.665. The zero-order valence-electron chi connectivity index (χ0n) is 12.2. The summed E-state index contributed by atoms with van der Waals surface area (Å²) < 4.78 is 19.2. The van der Waals surface area contributed by atoms with Crippen molar-refractivity contribution >= 4 is 11.6 Å². The predicted molar refractivity (Wildman–Crippen MR) is 84.5 cm³/mol. The van der Waals surface area contributed by atoms with Gasteiger partial charge in [-0.1, -0.05) is 36.7 Å². The molecule has 0 amide bonds. The monoisotopic (exact) mass is 307 g/mol. The zero-order valence-corrected chi connectivity index (χ0v) is 13.0. The van der Waals surface area contributed by atoms with Gasteiger partial charge in [-0.3, -0.25) is 0 Å². The highest BCUT2D eigenvalue weighted by Crippen LogP contribution is 2.28. The molecule has 0 radical (unpaired) electrons. The lowest BCUT2D eigenvalue weighted by Crippen LogP contribution is -2.24. The highest BCUT2D eigenvalue weighted by atomic mass is 35.5. The Bertz CT molecular complexity index is 566.